The Morgan fingerprint density at radius 2 is 1.94 bits per heavy atom. The van der Waals surface area contributed by atoms with Crippen LogP contribution in [0.15, 0.2) is 0 Å². The summed E-state index contributed by atoms with van der Waals surface area (Å²) in [4.78, 5) is 4.68. The van der Waals surface area contributed by atoms with E-state index in [-0.39, 0.29) is 12.2 Å². The number of aliphatic hydroxyl groups excluding tert-OH is 1. The smallest absolute Gasteiger partial charge is 0.0900 e. The molecule has 16 heavy (non-hydrogen) atoms. The van der Waals surface area contributed by atoms with Crippen LogP contribution in [-0.4, -0.2) is 73.5 Å². The minimum Gasteiger partial charge on any atom is -0.389 e. The van der Waals surface area contributed by atoms with Gasteiger partial charge in [-0.2, -0.15) is 0 Å². The van der Waals surface area contributed by atoms with Crippen molar-refractivity contribution in [3.05, 3.63) is 0 Å². The highest BCUT2D eigenvalue weighted by Gasteiger charge is 2.15. The number of hydrogen-bond acceptors (Lipinski definition) is 4. The minimum absolute atomic E-state index is 0.199. The van der Waals surface area contributed by atoms with E-state index in [0.717, 1.165) is 32.7 Å². The molecule has 1 aliphatic rings. The molecule has 1 aliphatic heterocycles. The second-order valence-corrected chi connectivity index (χ2v) is 4.99. The van der Waals surface area contributed by atoms with Crippen molar-refractivity contribution in [3.63, 3.8) is 0 Å². The Bertz CT molecular complexity index is 188. The Morgan fingerprint density at radius 1 is 1.19 bits per heavy atom. The van der Waals surface area contributed by atoms with Crippen LogP contribution in [0.2, 0.25) is 0 Å². The summed E-state index contributed by atoms with van der Waals surface area (Å²) in [5.74, 6) is 0. The van der Waals surface area contributed by atoms with Gasteiger partial charge < -0.3 is 14.7 Å². The average molecular weight is 230 g/mol. The van der Waals surface area contributed by atoms with Crippen molar-refractivity contribution >= 4 is 0 Å². The van der Waals surface area contributed by atoms with E-state index in [1.54, 1.807) is 0 Å². The van der Waals surface area contributed by atoms with Crippen LogP contribution in [0.4, 0.5) is 0 Å². The first-order valence-electron chi connectivity index (χ1n) is 6.28. The van der Waals surface area contributed by atoms with Gasteiger partial charge in [0.2, 0.25) is 0 Å². The maximum Gasteiger partial charge on any atom is 0.0900 e. The third-order valence-electron chi connectivity index (χ3n) is 2.90. The Hall–Kier alpha value is -0.160. The van der Waals surface area contributed by atoms with E-state index in [4.69, 9.17) is 4.74 Å². The molecule has 0 unspecified atom stereocenters. The van der Waals surface area contributed by atoms with E-state index in [2.05, 4.69) is 16.8 Å². The molecule has 0 saturated carbocycles. The van der Waals surface area contributed by atoms with Crippen molar-refractivity contribution in [1.82, 2.24) is 9.80 Å². The quantitative estimate of drug-likeness (QED) is 0.742. The van der Waals surface area contributed by atoms with E-state index in [0.29, 0.717) is 6.61 Å². The van der Waals surface area contributed by atoms with E-state index in [1.807, 2.05) is 13.8 Å². The second kappa shape index (κ2) is 7.22. The molecule has 0 amide bonds. The van der Waals surface area contributed by atoms with Crippen LogP contribution >= 0.6 is 0 Å². The first-order chi connectivity index (χ1) is 7.58. The van der Waals surface area contributed by atoms with Gasteiger partial charge >= 0.3 is 0 Å². The van der Waals surface area contributed by atoms with Crippen LogP contribution in [0, 0.1) is 0 Å². The lowest BCUT2D eigenvalue weighted by Gasteiger charge is -2.23. The largest absolute Gasteiger partial charge is 0.389 e. The number of nitrogens with zero attached hydrogens (tertiary/aromatic N) is 2. The molecule has 1 rings (SSSR count). The van der Waals surface area contributed by atoms with Gasteiger partial charge in [-0.3, -0.25) is 4.90 Å². The van der Waals surface area contributed by atoms with Gasteiger partial charge in [0.1, 0.15) is 0 Å². The first-order valence-corrected chi connectivity index (χ1v) is 6.28. The van der Waals surface area contributed by atoms with E-state index in [1.165, 1.54) is 6.42 Å². The molecule has 4 nitrogen and oxygen atoms in total. The Morgan fingerprint density at radius 3 is 2.62 bits per heavy atom. The summed E-state index contributed by atoms with van der Waals surface area (Å²) < 4.78 is 5.41. The summed E-state index contributed by atoms with van der Waals surface area (Å²) in [6.07, 6.45) is 1.03. The molecule has 0 spiro atoms. The van der Waals surface area contributed by atoms with Crippen LogP contribution in [0.1, 0.15) is 20.3 Å². The lowest BCUT2D eigenvalue weighted by molar-refractivity contribution is -0.00791. The summed E-state index contributed by atoms with van der Waals surface area (Å²) >= 11 is 0. The van der Waals surface area contributed by atoms with Crippen LogP contribution in [-0.2, 0) is 4.74 Å². The molecule has 0 aromatic carbocycles. The molecule has 1 N–H and O–H groups in total. The molecule has 0 radical (unpaired) electrons. The monoisotopic (exact) mass is 230 g/mol. The third kappa shape index (κ3) is 5.80. The van der Waals surface area contributed by atoms with Crippen LogP contribution in [0.25, 0.3) is 0 Å². The molecular weight excluding hydrogens is 204 g/mol. The van der Waals surface area contributed by atoms with Gasteiger partial charge in [-0.25, -0.2) is 0 Å². The number of hydrogen-bond donors (Lipinski definition) is 1. The minimum atomic E-state index is -0.356. The lowest BCUT2D eigenvalue weighted by Crippen LogP contribution is -2.37. The Balaban J connectivity index is 2.19. The third-order valence-corrected chi connectivity index (χ3v) is 2.90. The molecule has 96 valence electrons. The molecule has 1 atom stereocenters. The van der Waals surface area contributed by atoms with Crippen LogP contribution in [0.5, 0.6) is 0 Å². The van der Waals surface area contributed by atoms with Crippen molar-refractivity contribution in [3.8, 4) is 0 Å². The second-order valence-electron chi connectivity index (χ2n) is 4.99. The topological polar surface area (TPSA) is 35.9 Å². The van der Waals surface area contributed by atoms with Crippen molar-refractivity contribution in [2.45, 2.75) is 32.5 Å². The summed E-state index contributed by atoms with van der Waals surface area (Å²) in [6.45, 7) is 9.57. The van der Waals surface area contributed by atoms with Gasteiger partial charge in [0.25, 0.3) is 0 Å². The predicted molar refractivity (Wildman–Crippen MR) is 65.6 cm³/mol. The van der Waals surface area contributed by atoms with E-state index >= 15 is 0 Å². The van der Waals surface area contributed by atoms with Gasteiger partial charge in [0.05, 0.1) is 18.8 Å². The fourth-order valence-corrected chi connectivity index (χ4v) is 1.94. The van der Waals surface area contributed by atoms with Crippen molar-refractivity contribution in [2.24, 2.45) is 0 Å². The summed E-state index contributed by atoms with van der Waals surface area (Å²) in [5, 5.41) is 9.83. The molecule has 0 aliphatic carbocycles. The van der Waals surface area contributed by atoms with Gasteiger partial charge in [0.15, 0.2) is 0 Å². The standard InChI is InChI=1S/C12H26N2O2/c1-11(2)16-10-12(15)9-14-6-4-5-13(3)7-8-14/h11-12,15H,4-10H2,1-3H3/t12-/m0/s1. The molecule has 1 fully saturated rings. The number of ether oxygens (including phenoxy) is 1. The van der Waals surface area contributed by atoms with Crippen molar-refractivity contribution < 1.29 is 9.84 Å². The van der Waals surface area contributed by atoms with Gasteiger partial charge in [-0.15, -0.1) is 0 Å². The maximum atomic E-state index is 9.83. The van der Waals surface area contributed by atoms with E-state index in [9.17, 15) is 5.11 Å². The molecular formula is C12H26N2O2. The predicted octanol–water partition coefficient (Wildman–Crippen LogP) is 0.410. The van der Waals surface area contributed by atoms with Crippen molar-refractivity contribution in [1.29, 1.82) is 0 Å². The van der Waals surface area contributed by atoms with Gasteiger partial charge in [0, 0.05) is 19.6 Å². The van der Waals surface area contributed by atoms with Crippen LogP contribution < -0.4 is 0 Å². The molecule has 0 bridgehead atoms. The van der Waals surface area contributed by atoms with Crippen molar-refractivity contribution in [2.75, 3.05) is 46.4 Å². The van der Waals surface area contributed by atoms with Gasteiger partial charge in [-0.1, -0.05) is 0 Å². The summed E-state index contributed by atoms with van der Waals surface area (Å²) in [5.41, 5.74) is 0. The van der Waals surface area contributed by atoms with Crippen LogP contribution in [0.3, 0.4) is 0 Å². The zero-order valence-corrected chi connectivity index (χ0v) is 10.9. The normalized spacial score (nSPS) is 22.3. The summed E-state index contributed by atoms with van der Waals surface area (Å²) in [6, 6.07) is 0. The molecule has 1 heterocycles. The number of rotatable bonds is 5. The number of aliphatic hydroxyl groups is 1. The highest BCUT2D eigenvalue weighted by Crippen LogP contribution is 2.03. The fraction of sp³-hybridized carbons (Fsp3) is 1.00. The molecule has 1 saturated heterocycles. The molecule has 0 aromatic heterocycles. The number of β-amino-alcohol motifs (C(OH)–C–C–N with tert-alkyl or cyclic N) is 1. The lowest BCUT2D eigenvalue weighted by atomic mass is 10.3. The zero-order chi connectivity index (χ0) is 12.0. The molecule has 0 aromatic rings. The first kappa shape index (κ1) is 13.9. The molecule has 4 heteroatoms. The maximum absolute atomic E-state index is 9.83. The summed E-state index contributed by atoms with van der Waals surface area (Å²) in [7, 11) is 2.15. The Kier molecular flexibility index (Phi) is 6.28. The fourth-order valence-electron chi connectivity index (χ4n) is 1.94. The number of likely N-dealkylation sites (N-methyl/N-ethyl adjacent to an activating group) is 1. The Labute approximate surface area is 99.2 Å². The van der Waals surface area contributed by atoms with E-state index < -0.39 is 0 Å². The van der Waals surface area contributed by atoms with Gasteiger partial charge in [-0.05, 0) is 40.4 Å². The SMILES string of the molecule is CC(C)OC[C@@H](O)CN1CCCN(C)CC1. The highest BCUT2D eigenvalue weighted by molar-refractivity contribution is 4.70. The highest BCUT2D eigenvalue weighted by atomic mass is 16.5. The average Bonchev–Trinajstić information content (AvgIpc) is 2.41. The zero-order valence-electron chi connectivity index (χ0n) is 10.9.